The van der Waals surface area contributed by atoms with Gasteiger partial charge in [0.15, 0.2) is 6.04 Å². The van der Waals surface area contributed by atoms with Gasteiger partial charge in [0.05, 0.1) is 6.54 Å². The van der Waals surface area contributed by atoms with Crippen LogP contribution in [0.2, 0.25) is 10.0 Å². The minimum absolute atomic E-state index is 0. The fraction of sp³-hybridized carbons (Fsp3) is 0.500. The lowest BCUT2D eigenvalue weighted by atomic mass is 9.98. The molecule has 0 unspecified atom stereocenters. The van der Waals surface area contributed by atoms with E-state index in [0.717, 1.165) is 16.6 Å². The van der Waals surface area contributed by atoms with Crippen LogP contribution in [0.4, 0.5) is 0 Å². The van der Waals surface area contributed by atoms with Crippen LogP contribution < -0.4 is 21.5 Å². The monoisotopic (exact) mass is 578 g/mol. The lowest BCUT2D eigenvalue weighted by Crippen LogP contribution is -3.00. The normalized spacial score (nSPS) is 11.1. The van der Waals surface area contributed by atoms with Crippen LogP contribution in [0.1, 0.15) is 101 Å². The van der Waals surface area contributed by atoms with Gasteiger partial charge in [0.25, 0.3) is 0 Å². The third-order valence-electron chi connectivity index (χ3n) is 6.65. The number of nitrogens with zero attached hydrogens (tertiary/aromatic N) is 2. The molecule has 192 valence electrons. The van der Waals surface area contributed by atoms with Gasteiger partial charge in [-0.2, -0.15) is 0 Å². The molecule has 0 saturated heterocycles. The van der Waals surface area contributed by atoms with Crippen molar-refractivity contribution >= 4 is 23.2 Å². The van der Waals surface area contributed by atoms with Gasteiger partial charge >= 0.3 is 0 Å². The Morgan fingerprint density at radius 1 is 0.657 bits per heavy atom. The summed E-state index contributed by atoms with van der Waals surface area (Å²) in [5, 5.41) is 1.52. The first-order chi connectivity index (χ1) is 16.7. The Morgan fingerprint density at radius 3 is 1.54 bits per heavy atom. The van der Waals surface area contributed by atoms with Crippen molar-refractivity contribution in [1.29, 1.82) is 0 Å². The van der Waals surface area contributed by atoms with Crippen molar-refractivity contribution in [1.82, 2.24) is 4.57 Å². The number of imidazole rings is 1. The number of rotatable bonds is 16. The van der Waals surface area contributed by atoms with E-state index >= 15 is 0 Å². The van der Waals surface area contributed by atoms with Gasteiger partial charge in [0, 0.05) is 21.2 Å². The van der Waals surface area contributed by atoms with Crippen LogP contribution in [0.3, 0.4) is 0 Å². The van der Waals surface area contributed by atoms with Crippen molar-refractivity contribution in [2.24, 2.45) is 0 Å². The van der Waals surface area contributed by atoms with Crippen LogP contribution in [0, 0.1) is 0 Å². The standard InChI is InChI=1S/C30H41Cl2N2.BrH/c1-2-3-4-5-6-7-8-9-10-11-12-13-22-33-23-24-34(25-33)30(26-14-18-28(31)19-15-26)27-16-20-29(32)21-17-27;/h14-21,23-25,30H,2-13,22H2,1H3;1H/q+1;/p-1. The van der Waals surface area contributed by atoms with E-state index in [1.165, 1.54) is 88.2 Å². The van der Waals surface area contributed by atoms with Crippen molar-refractivity contribution in [3.63, 3.8) is 0 Å². The largest absolute Gasteiger partial charge is 1.00 e. The van der Waals surface area contributed by atoms with Gasteiger partial charge in [0.1, 0.15) is 12.4 Å². The van der Waals surface area contributed by atoms with Crippen molar-refractivity contribution in [2.45, 2.75) is 96.6 Å². The van der Waals surface area contributed by atoms with E-state index in [9.17, 15) is 0 Å². The number of hydrogen-bond acceptors (Lipinski definition) is 0. The Morgan fingerprint density at radius 2 is 1.09 bits per heavy atom. The molecule has 0 atom stereocenters. The van der Waals surface area contributed by atoms with Gasteiger partial charge in [-0.25, -0.2) is 9.13 Å². The molecule has 0 spiro atoms. The SMILES string of the molecule is CCCCCCCCCCCCCC[n+]1ccn(C(c2ccc(Cl)cc2)c2ccc(Cl)cc2)c1.[Br-]. The van der Waals surface area contributed by atoms with E-state index in [0.29, 0.717) is 0 Å². The molecule has 2 aromatic carbocycles. The second-order valence-corrected chi connectivity index (χ2v) is 10.4. The van der Waals surface area contributed by atoms with Crippen LogP contribution >= 0.6 is 23.2 Å². The van der Waals surface area contributed by atoms with Crippen molar-refractivity contribution in [3.8, 4) is 0 Å². The van der Waals surface area contributed by atoms with Gasteiger partial charge in [-0.3, -0.25) is 0 Å². The number of unbranched alkanes of at least 4 members (excludes halogenated alkanes) is 11. The third-order valence-corrected chi connectivity index (χ3v) is 7.16. The average Bonchev–Trinajstić information content (AvgIpc) is 3.31. The molecule has 1 heterocycles. The summed E-state index contributed by atoms with van der Waals surface area (Å²) in [6.45, 7) is 3.35. The summed E-state index contributed by atoms with van der Waals surface area (Å²) in [6, 6.07) is 16.4. The van der Waals surface area contributed by atoms with E-state index < -0.39 is 0 Å². The van der Waals surface area contributed by atoms with Crippen LogP contribution in [0.25, 0.3) is 0 Å². The fourth-order valence-electron chi connectivity index (χ4n) is 4.66. The average molecular weight is 580 g/mol. The first-order valence-corrected chi connectivity index (χ1v) is 14.0. The van der Waals surface area contributed by atoms with Gasteiger partial charge in [-0.15, -0.1) is 0 Å². The molecule has 3 rings (SSSR count). The molecule has 35 heavy (non-hydrogen) atoms. The molecule has 0 aliphatic heterocycles. The Kier molecular flexibility index (Phi) is 14.7. The quantitative estimate of drug-likeness (QED) is 0.137. The highest BCUT2D eigenvalue weighted by atomic mass is 79.9. The van der Waals surface area contributed by atoms with E-state index in [-0.39, 0.29) is 23.0 Å². The maximum absolute atomic E-state index is 6.15. The highest BCUT2D eigenvalue weighted by Crippen LogP contribution is 2.28. The van der Waals surface area contributed by atoms with E-state index in [2.05, 4.69) is 59.0 Å². The molecular weight excluding hydrogens is 539 g/mol. The Balaban J connectivity index is 0.00000432. The van der Waals surface area contributed by atoms with Crippen molar-refractivity contribution in [2.75, 3.05) is 0 Å². The Bertz CT molecular complexity index is 892. The highest BCUT2D eigenvalue weighted by molar-refractivity contribution is 6.30. The van der Waals surface area contributed by atoms with Crippen molar-refractivity contribution in [3.05, 3.63) is 88.4 Å². The maximum Gasteiger partial charge on any atom is 0.244 e. The minimum Gasteiger partial charge on any atom is -1.00 e. The predicted octanol–water partition coefficient (Wildman–Crippen LogP) is 6.43. The summed E-state index contributed by atoms with van der Waals surface area (Å²) >= 11 is 12.3. The number of aromatic nitrogens is 2. The summed E-state index contributed by atoms with van der Waals surface area (Å²) < 4.78 is 4.60. The number of aryl methyl sites for hydroxylation is 1. The van der Waals surface area contributed by atoms with Crippen LogP contribution in [0.5, 0.6) is 0 Å². The smallest absolute Gasteiger partial charge is 0.244 e. The molecule has 0 aliphatic rings. The van der Waals surface area contributed by atoms with Crippen molar-refractivity contribution < 1.29 is 21.5 Å². The third kappa shape index (κ3) is 10.7. The molecule has 5 heteroatoms. The van der Waals surface area contributed by atoms with Crippen LogP contribution in [0.15, 0.2) is 67.3 Å². The first kappa shape index (κ1) is 29.9. The van der Waals surface area contributed by atoms with Gasteiger partial charge in [0.2, 0.25) is 6.33 Å². The van der Waals surface area contributed by atoms with Gasteiger partial charge < -0.3 is 17.0 Å². The molecule has 0 fully saturated rings. The Hall–Kier alpha value is -1.29. The molecule has 0 N–H and O–H groups in total. The lowest BCUT2D eigenvalue weighted by Gasteiger charge is -2.15. The zero-order valence-corrected chi connectivity index (χ0v) is 24.2. The first-order valence-electron chi connectivity index (χ1n) is 13.2. The zero-order chi connectivity index (χ0) is 24.0. The number of halogens is 3. The fourth-order valence-corrected chi connectivity index (χ4v) is 4.91. The topological polar surface area (TPSA) is 8.81 Å². The summed E-state index contributed by atoms with van der Waals surface area (Å²) in [4.78, 5) is 0. The minimum atomic E-state index is 0. The van der Waals surface area contributed by atoms with Gasteiger partial charge in [-0.1, -0.05) is 119 Å². The van der Waals surface area contributed by atoms with Gasteiger partial charge in [-0.05, 0) is 37.1 Å². The lowest BCUT2D eigenvalue weighted by molar-refractivity contribution is -0.697. The zero-order valence-electron chi connectivity index (χ0n) is 21.1. The van der Waals surface area contributed by atoms with Crippen LogP contribution in [-0.2, 0) is 6.54 Å². The molecule has 0 amide bonds. The summed E-state index contributed by atoms with van der Waals surface area (Å²) in [6.07, 6.45) is 23.2. The number of hydrogen-bond donors (Lipinski definition) is 0. The molecule has 0 bridgehead atoms. The molecule has 1 aromatic heterocycles. The summed E-state index contributed by atoms with van der Waals surface area (Å²) in [5.41, 5.74) is 2.42. The summed E-state index contributed by atoms with van der Waals surface area (Å²) in [7, 11) is 0. The number of benzene rings is 2. The molecule has 2 nitrogen and oxygen atoms in total. The Labute approximate surface area is 233 Å². The van der Waals surface area contributed by atoms with Crippen LogP contribution in [-0.4, -0.2) is 4.57 Å². The predicted molar refractivity (Wildman–Crippen MR) is 146 cm³/mol. The molecular formula is C30H41BrCl2N2. The summed E-state index contributed by atoms with van der Waals surface area (Å²) in [5.74, 6) is 0. The molecule has 0 radical (unpaired) electrons. The molecule has 3 aromatic rings. The van der Waals surface area contributed by atoms with E-state index in [1.807, 2.05) is 24.3 Å². The molecule has 0 aliphatic carbocycles. The second-order valence-electron chi connectivity index (χ2n) is 9.49. The van der Waals surface area contributed by atoms with E-state index in [1.54, 1.807) is 0 Å². The molecule has 0 saturated carbocycles. The highest BCUT2D eigenvalue weighted by Gasteiger charge is 2.21. The second kappa shape index (κ2) is 17.2. The maximum atomic E-state index is 6.15. The van der Waals surface area contributed by atoms with E-state index in [4.69, 9.17) is 23.2 Å².